The lowest BCUT2D eigenvalue weighted by molar-refractivity contribution is -0.0816. The minimum atomic E-state index is 0.151. The summed E-state index contributed by atoms with van der Waals surface area (Å²) in [6.45, 7) is 4.17. The minimum Gasteiger partial charge on any atom is -0.375 e. The average molecular weight is 356 g/mol. The number of aromatic nitrogens is 1. The topological polar surface area (TPSA) is 61.9 Å². The molecule has 0 amide bonds. The lowest BCUT2D eigenvalue weighted by Gasteiger charge is -2.37. The summed E-state index contributed by atoms with van der Waals surface area (Å²) in [6, 6.07) is 8.44. The molecule has 1 aromatic heterocycles. The molecular formula is C20H28N4O2. The van der Waals surface area contributed by atoms with E-state index >= 15 is 0 Å². The van der Waals surface area contributed by atoms with Crippen LogP contribution in [0.1, 0.15) is 18.4 Å². The van der Waals surface area contributed by atoms with E-state index in [1.165, 1.54) is 16.5 Å². The Bertz CT molecular complexity index is 751. The number of para-hydroxylation sites is 1. The van der Waals surface area contributed by atoms with Crippen LogP contribution in [0.25, 0.3) is 10.9 Å². The number of aromatic amines is 1. The van der Waals surface area contributed by atoms with E-state index in [1.54, 1.807) is 0 Å². The van der Waals surface area contributed by atoms with E-state index < -0.39 is 0 Å². The third kappa shape index (κ3) is 3.71. The molecule has 0 radical (unpaired) electrons. The largest absolute Gasteiger partial charge is 0.375 e. The number of aliphatic imine (C=N–C) groups is 1. The Balaban J connectivity index is 1.32. The van der Waals surface area contributed by atoms with Crippen molar-refractivity contribution < 1.29 is 9.47 Å². The maximum absolute atomic E-state index is 5.94. The van der Waals surface area contributed by atoms with Gasteiger partial charge in [-0.25, -0.2) is 0 Å². The van der Waals surface area contributed by atoms with Crippen molar-refractivity contribution in [3.8, 4) is 0 Å². The molecule has 2 aliphatic heterocycles. The zero-order chi connectivity index (χ0) is 17.8. The first-order chi connectivity index (χ1) is 12.8. The van der Waals surface area contributed by atoms with E-state index in [1.807, 2.05) is 7.05 Å². The van der Waals surface area contributed by atoms with Crippen molar-refractivity contribution >= 4 is 16.9 Å². The van der Waals surface area contributed by atoms with Crippen molar-refractivity contribution in [2.75, 3.05) is 39.9 Å². The number of nitrogens with one attached hydrogen (secondary N) is 2. The summed E-state index contributed by atoms with van der Waals surface area (Å²) in [6.07, 6.45) is 5.70. The molecule has 6 nitrogen and oxygen atoms in total. The Morgan fingerprint density at radius 2 is 2.15 bits per heavy atom. The highest BCUT2D eigenvalue weighted by atomic mass is 16.5. The van der Waals surface area contributed by atoms with Gasteiger partial charge in [0.15, 0.2) is 5.96 Å². The average Bonchev–Trinajstić information content (AvgIpc) is 3.36. The van der Waals surface area contributed by atoms with Crippen molar-refractivity contribution in [1.82, 2.24) is 15.2 Å². The van der Waals surface area contributed by atoms with Crippen molar-refractivity contribution in [2.45, 2.75) is 31.5 Å². The van der Waals surface area contributed by atoms with E-state index in [0.717, 1.165) is 58.1 Å². The fraction of sp³-hybridized carbons (Fsp3) is 0.550. The van der Waals surface area contributed by atoms with Crippen molar-refractivity contribution in [1.29, 1.82) is 0 Å². The summed E-state index contributed by atoms with van der Waals surface area (Å²) in [4.78, 5) is 10.1. The maximum Gasteiger partial charge on any atom is 0.193 e. The standard InChI is InChI=1S/C20H28N4O2/c1-21-20(24-10-12-26-19(14-24)18-7-4-11-25-18)22-9-8-15-13-23-17-6-3-2-5-16(15)17/h2-3,5-6,13,18-19,23H,4,7-12,14H2,1H3,(H,21,22). The first kappa shape index (κ1) is 17.4. The molecule has 2 atom stereocenters. The molecule has 6 heteroatoms. The number of fused-ring (bicyclic) bond motifs is 1. The molecule has 2 saturated heterocycles. The highest BCUT2D eigenvalue weighted by molar-refractivity contribution is 5.83. The first-order valence-electron chi connectivity index (χ1n) is 9.59. The zero-order valence-corrected chi connectivity index (χ0v) is 15.4. The van der Waals surface area contributed by atoms with Crippen LogP contribution in [0.15, 0.2) is 35.5 Å². The van der Waals surface area contributed by atoms with Gasteiger partial charge in [-0.2, -0.15) is 0 Å². The van der Waals surface area contributed by atoms with Gasteiger partial charge < -0.3 is 24.7 Å². The van der Waals surface area contributed by atoms with Gasteiger partial charge in [-0.15, -0.1) is 0 Å². The smallest absolute Gasteiger partial charge is 0.193 e. The van der Waals surface area contributed by atoms with Crippen LogP contribution >= 0.6 is 0 Å². The molecular weight excluding hydrogens is 328 g/mol. The summed E-state index contributed by atoms with van der Waals surface area (Å²) in [5.74, 6) is 0.955. The number of ether oxygens (including phenoxy) is 2. The molecule has 2 aromatic rings. The van der Waals surface area contributed by atoms with Gasteiger partial charge in [0.05, 0.1) is 12.7 Å². The van der Waals surface area contributed by atoms with Gasteiger partial charge >= 0.3 is 0 Å². The lowest BCUT2D eigenvalue weighted by atomic mass is 10.1. The van der Waals surface area contributed by atoms with Crippen LogP contribution in [-0.2, 0) is 15.9 Å². The number of morpholine rings is 1. The second kappa shape index (κ2) is 8.10. The van der Waals surface area contributed by atoms with Crippen molar-refractivity contribution in [3.05, 3.63) is 36.0 Å². The van der Waals surface area contributed by atoms with E-state index in [-0.39, 0.29) is 12.2 Å². The Kier molecular flexibility index (Phi) is 5.41. The molecule has 2 fully saturated rings. The van der Waals surface area contributed by atoms with Gasteiger partial charge in [-0.1, -0.05) is 18.2 Å². The lowest BCUT2D eigenvalue weighted by Crippen LogP contribution is -2.53. The van der Waals surface area contributed by atoms with E-state index in [9.17, 15) is 0 Å². The van der Waals surface area contributed by atoms with Crippen LogP contribution in [0.4, 0.5) is 0 Å². The number of guanidine groups is 1. The Morgan fingerprint density at radius 1 is 1.27 bits per heavy atom. The SMILES string of the molecule is CN=C(NCCc1c[nH]c2ccccc12)N1CCOC(C2CCCO2)C1. The van der Waals surface area contributed by atoms with Gasteiger partial charge in [0.25, 0.3) is 0 Å². The highest BCUT2D eigenvalue weighted by Crippen LogP contribution is 2.21. The van der Waals surface area contributed by atoms with Crippen molar-refractivity contribution in [3.63, 3.8) is 0 Å². The molecule has 3 heterocycles. The maximum atomic E-state index is 5.94. The summed E-state index contributed by atoms with van der Waals surface area (Å²) in [5, 5.41) is 4.82. The van der Waals surface area contributed by atoms with E-state index in [0.29, 0.717) is 0 Å². The second-order valence-corrected chi connectivity index (χ2v) is 6.99. The number of benzene rings is 1. The Morgan fingerprint density at radius 3 is 3.00 bits per heavy atom. The van der Waals surface area contributed by atoms with Crippen LogP contribution in [0.2, 0.25) is 0 Å². The molecule has 1 aromatic carbocycles. The zero-order valence-electron chi connectivity index (χ0n) is 15.4. The summed E-state index contributed by atoms with van der Waals surface area (Å²) >= 11 is 0. The quantitative estimate of drug-likeness (QED) is 0.651. The Hall–Kier alpha value is -2.05. The molecule has 0 bridgehead atoms. The predicted octanol–water partition coefficient (Wildman–Crippen LogP) is 2.17. The van der Waals surface area contributed by atoms with E-state index in [4.69, 9.17) is 9.47 Å². The third-order valence-electron chi connectivity index (χ3n) is 5.34. The number of H-pyrrole nitrogens is 1. The van der Waals surface area contributed by atoms with Crippen LogP contribution in [0.5, 0.6) is 0 Å². The molecule has 26 heavy (non-hydrogen) atoms. The first-order valence-corrected chi connectivity index (χ1v) is 9.59. The normalized spacial score (nSPS) is 24.3. The predicted molar refractivity (Wildman–Crippen MR) is 104 cm³/mol. The molecule has 4 rings (SSSR count). The van der Waals surface area contributed by atoms with Crippen LogP contribution in [0, 0.1) is 0 Å². The molecule has 0 saturated carbocycles. The second-order valence-electron chi connectivity index (χ2n) is 6.99. The molecule has 2 N–H and O–H groups in total. The minimum absolute atomic E-state index is 0.151. The summed E-state index contributed by atoms with van der Waals surface area (Å²) < 4.78 is 11.8. The van der Waals surface area contributed by atoms with E-state index in [2.05, 4.69) is 50.7 Å². The van der Waals surface area contributed by atoms with Gasteiger partial charge in [0.2, 0.25) is 0 Å². The number of hydrogen-bond donors (Lipinski definition) is 2. The number of nitrogens with zero attached hydrogens (tertiary/aromatic N) is 2. The fourth-order valence-electron chi connectivity index (χ4n) is 3.97. The molecule has 2 aliphatic rings. The number of rotatable bonds is 4. The summed E-state index contributed by atoms with van der Waals surface area (Å²) in [7, 11) is 1.85. The molecule has 0 spiro atoms. The van der Waals surface area contributed by atoms with Gasteiger partial charge in [-0.05, 0) is 30.9 Å². The fourth-order valence-corrected chi connectivity index (χ4v) is 3.97. The van der Waals surface area contributed by atoms with Gasteiger partial charge in [-0.3, -0.25) is 4.99 Å². The monoisotopic (exact) mass is 356 g/mol. The van der Waals surface area contributed by atoms with Crippen LogP contribution in [0.3, 0.4) is 0 Å². The molecule has 2 unspecified atom stereocenters. The Labute approximate surface area is 154 Å². The third-order valence-corrected chi connectivity index (χ3v) is 5.34. The van der Waals surface area contributed by atoms with Crippen LogP contribution in [-0.4, -0.2) is 67.9 Å². The highest BCUT2D eigenvalue weighted by Gasteiger charge is 2.32. The van der Waals surface area contributed by atoms with Gasteiger partial charge in [0.1, 0.15) is 6.10 Å². The molecule has 0 aliphatic carbocycles. The van der Waals surface area contributed by atoms with Gasteiger partial charge in [0, 0.05) is 50.4 Å². The number of hydrogen-bond acceptors (Lipinski definition) is 3. The van der Waals surface area contributed by atoms with Crippen molar-refractivity contribution in [2.24, 2.45) is 4.99 Å². The molecule has 140 valence electrons. The van der Waals surface area contributed by atoms with Crippen LogP contribution < -0.4 is 5.32 Å². The summed E-state index contributed by atoms with van der Waals surface area (Å²) in [5.41, 5.74) is 2.53.